The summed E-state index contributed by atoms with van der Waals surface area (Å²) in [7, 11) is 0. The monoisotopic (exact) mass is 293 g/mol. The molecule has 5 heteroatoms. The Morgan fingerprint density at radius 3 is 2.52 bits per heavy atom. The summed E-state index contributed by atoms with van der Waals surface area (Å²) in [5.74, 6) is 0.737. The third kappa shape index (κ3) is 5.42. The molecule has 0 radical (unpaired) electrons. The molecule has 1 unspecified atom stereocenters. The summed E-state index contributed by atoms with van der Waals surface area (Å²) in [6.07, 6.45) is 5.14. The quantitative estimate of drug-likeness (QED) is 0.583. The highest BCUT2D eigenvalue weighted by Crippen LogP contribution is 2.24. The van der Waals surface area contributed by atoms with E-state index in [2.05, 4.69) is 31.1 Å². The molecule has 1 heterocycles. The van der Waals surface area contributed by atoms with Crippen molar-refractivity contribution in [2.45, 2.75) is 66.5 Å². The minimum absolute atomic E-state index is 0.189. The summed E-state index contributed by atoms with van der Waals surface area (Å²) in [6, 6.07) is 0.394. The van der Waals surface area contributed by atoms with Crippen LogP contribution in [0.5, 0.6) is 0 Å². The first-order valence-electron chi connectivity index (χ1n) is 7.65. The molecule has 0 saturated heterocycles. The highest BCUT2D eigenvalue weighted by atomic mass is 16.6. The predicted octanol–water partition coefficient (Wildman–Crippen LogP) is 3.91. The van der Waals surface area contributed by atoms with Crippen molar-refractivity contribution in [3.63, 3.8) is 0 Å². The molecule has 0 aliphatic carbocycles. The van der Waals surface area contributed by atoms with Crippen LogP contribution in [-0.4, -0.2) is 15.9 Å². The Labute approximate surface area is 127 Å². The summed E-state index contributed by atoms with van der Waals surface area (Å²) in [4.78, 5) is 15.1. The lowest BCUT2D eigenvalue weighted by Crippen LogP contribution is -2.26. The normalized spacial score (nSPS) is 12.7. The molecule has 5 nitrogen and oxygen atoms in total. The van der Waals surface area contributed by atoms with Crippen molar-refractivity contribution in [3.05, 3.63) is 33.1 Å². The van der Waals surface area contributed by atoms with Crippen LogP contribution >= 0.6 is 0 Å². The van der Waals surface area contributed by atoms with Crippen LogP contribution in [0.4, 0.5) is 5.69 Å². The van der Waals surface area contributed by atoms with Gasteiger partial charge in [-0.25, -0.2) is 0 Å². The number of aromatic nitrogens is 1. The van der Waals surface area contributed by atoms with Gasteiger partial charge in [0.15, 0.2) is 0 Å². The maximum Gasteiger partial charge on any atom is 0.278 e. The molecule has 0 aliphatic heterocycles. The van der Waals surface area contributed by atoms with Crippen molar-refractivity contribution in [1.29, 1.82) is 0 Å². The Hall–Kier alpha value is -1.49. The lowest BCUT2D eigenvalue weighted by molar-refractivity contribution is -0.386. The number of rotatable bonds is 8. The number of hydrogen-bond donors (Lipinski definition) is 1. The second kappa shape index (κ2) is 8.08. The Morgan fingerprint density at radius 2 is 1.95 bits per heavy atom. The molecule has 0 aromatic carbocycles. The zero-order valence-electron chi connectivity index (χ0n) is 13.8. The first kappa shape index (κ1) is 17.6. The summed E-state index contributed by atoms with van der Waals surface area (Å²) >= 11 is 0. The van der Waals surface area contributed by atoms with E-state index in [-0.39, 0.29) is 10.6 Å². The highest BCUT2D eigenvalue weighted by molar-refractivity contribution is 5.47. The van der Waals surface area contributed by atoms with E-state index in [1.54, 1.807) is 20.0 Å². The first-order valence-corrected chi connectivity index (χ1v) is 7.65. The second-order valence-corrected chi connectivity index (χ2v) is 6.23. The van der Waals surface area contributed by atoms with Gasteiger partial charge in [0.1, 0.15) is 0 Å². The maximum atomic E-state index is 11.1. The molecule has 1 aromatic heterocycles. The molecular formula is C16H27N3O2. The van der Waals surface area contributed by atoms with Crippen LogP contribution in [0.15, 0.2) is 6.20 Å². The molecule has 0 amide bonds. The highest BCUT2D eigenvalue weighted by Gasteiger charge is 2.18. The third-order valence-electron chi connectivity index (χ3n) is 3.79. The molecule has 0 fully saturated rings. The van der Waals surface area contributed by atoms with E-state index in [1.165, 1.54) is 12.8 Å². The molecule has 1 rings (SSSR count). The lowest BCUT2D eigenvalue weighted by atomic mass is 10.0. The van der Waals surface area contributed by atoms with Gasteiger partial charge in [0.2, 0.25) is 0 Å². The van der Waals surface area contributed by atoms with Gasteiger partial charge in [0.25, 0.3) is 5.69 Å². The molecule has 21 heavy (non-hydrogen) atoms. The Balaban J connectivity index is 2.60. The Morgan fingerprint density at radius 1 is 1.29 bits per heavy atom. The predicted molar refractivity (Wildman–Crippen MR) is 85.4 cm³/mol. The van der Waals surface area contributed by atoms with Crippen molar-refractivity contribution in [1.82, 2.24) is 10.3 Å². The number of nitrogens with one attached hydrogen (secondary N) is 1. The number of hydrogen-bond acceptors (Lipinski definition) is 4. The molecule has 1 atom stereocenters. The average molecular weight is 293 g/mol. The topological polar surface area (TPSA) is 68.1 Å². The van der Waals surface area contributed by atoms with E-state index >= 15 is 0 Å². The summed E-state index contributed by atoms with van der Waals surface area (Å²) in [5.41, 5.74) is 2.24. The minimum atomic E-state index is -0.318. The fourth-order valence-corrected chi connectivity index (χ4v) is 2.43. The molecule has 1 aromatic rings. The van der Waals surface area contributed by atoms with Gasteiger partial charge in [-0.1, -0.05) is 26.7 Å². The number of nitrogens with zero attached hydrogens (tertiary/aromatic N) is 2. The molecule has 1 N–H and O–H groups in total. The van der Waals surface area contributed by atoms with E-state index in [1.807, 2.05) is 0 Å². The maximum absolute atomic E-state index is 11.1. The fraction of sp³-hybridized carbons (Fsp3) is 0.688. The van der Waals surface area contributed by atoms with E-state index in [9.17, 15) is 10.1 Å². The third-order valence-corrected chi connectivity index (χ3v) is 3.79. The van der Waals surface area contributed by atoms with Crippen LogP contribution in [0.25, 0.3) is 0 Å². The van der Waals surface area contributed by atoms with Crippen LogP contribution in [-0.2, 0) is 6.54 Å². The molecule has 0 spiro atoms. The largest absolute Gasteiger partial charge is 0.309 e. The summed E-state index contributed by atoms with van der Waals surface area (Å²) < 4.78 is 0. The van der Waals surface area contributed by atoms with Crippen LogP contribution in [0.2, 0.25) is 0 Å². The Bertz CT molecular complexity index is 487. The van der Waals surface area contributed by atoms with E-state index in [4.69, 9.17) is 0 Å². The van der Waals surface area contributed by atoms with Crippen LogP contribution in [0, 0.1) is 29.9 Å². The fourth-order valence-electron chi connectivity index (χ4n) is 2.43. The smallest absolute Gasteiger partial charge is 0.278 e. The van der Waals surface area contributed by atoms with E-state index in [0.29, 0.717) is 23.7 Å². The standard InChI is InChI=1S/C16H27N3O2/c1-11(2)7-6-8-13(4)17-10-15-14(5)16(19(20)21)12(3)9-18-15/h9,11,13,17H,6-8,10H2,1-5H3. The molecule has 0 bridgehead atoms. The van der Waals surface area contributed by atoms with Crippen LogP contribution < -0.4 is 5.32 Å². The van der Waals surface area contributed by atoms with E-state index < -0.39 is 0 Å². The second-order valence-electron chi connectivity index (χ2n) is 6.23. The lowest BCUT2D eigenvalue weighted by Gasteiger charge is -2.15. The van der Waals surface area contributed by atoms with Crippen LogP contribution in [0.3, 0.4) is 0 Å². The van der Waals surface area contributed by atoms with Gasteiger partial charge in [-0.05, 0) is 33.1 Å². The molecule has 0 saturated carbocycles. The van der Waals surface area contributed by atoms with Gasteiger partial charge in [-0.2, -0.15) is 0 Å². The van der Waals surface area contributed by atoms with Crippen molar-refractivity contribution in [3.8, 4) is 0 Å². The van der Waals surface area contributed by atoms with Gasteiger partial charge in [-0.15, -0.1) is 0 Å². The summed E-state index contributed by atoms with van der Waals surface area (Å²) in [6.45, 7) is 10.7. The van der Waals surface area contributed by atoms with Gasteiger partial charge in [-0.3, -0.25) is 15.1 Å². The minimum Gasteiger partial charge on any atom is -0.309 e. The number of pyridine rings is 1. The SMILES string of the molecule is Cc1cnc(CNC(C)CCCC(C)C)c(C)c1[N+](=O)[O-]. The molecular weight excluding hydrogens is 266 g/mol. The zero-order chi connectivity index (χ0) is 16.0. The zero-order valence-corrected chi connectivity index (χ0v) is 13.8. The van der Waals surface area contributed by atoms with Crippen LogP contribution in [0.1, 0.15) is 56.9 Å². The summed E-state index contributed by atoms with van der Waals surface area (Å²) in [5, 5.41) is 14.5. The van der Waals surface area contributed by atoms with Gasteiger partial charge < -0.3 is 5.32 Å². The number of aryl methyl sites for hydroxylation is 1. The average Bonchev–Trinajstić information content (AvgIpc) is 2.37. The first-order chi connectivity index (χ1) is 9.82. The van der Waals surface area contributed by atoms with Gasteiger partial charge in [0.05, 0.1) is 10.6 Å². The van der Waals surface area contributed by atoms with Gasteiger partial charge >= 0.3 is 0 Å². The molecule has 118 valence electrons. The van der Waals surface area contributed by atoms with Crippen molar-refractivity contribution in [2.75, 3.05) is 0 Å². The molecule has 0 aliphatic rings. The van der Waals surface area contributed by atoms with Gasteiger partial charge in [0, 0.05) is 29.9 Å². The van der Waals surface area contributed by atoms with E-state index in [0.717, 1.165) is 18.0 Å². The number of nitro groups is 1. The van der Waals surface area contributed by atoms with Crippen molar-refractivity contribution >= 4 is 5.69 Å². The van der Waals surface area contributed by atoms with Crippen molar-refractivity contribution in [2.24, 2.45) is 5.92 Å². The van der Waals surface area contributed by atoms with Crippen molar-refractivity contribution < 1.29 is 4.92 Å². The Kier molecular flexibility index (Phi) is 6.75.